The summed E-state index contributed by atoms with van der Waals surface area (Å²) in [5.74, 6) is 0. The lowest BCUT2D eigenvalue weighted by Crippen LogP contribution is -2.34. The molecule has 0 fully saturated rings. The zero-order chi connectivity index (χ0) is 15.3. The number of benzene rings is 2. The Morgan fingerprint density at radius 2 is 1.38 bits per heavy atom. The van der Waals surface area contributed by atoms with Gasteiger partial charge in [-0.1, -0.05) is 74.5 Å². The smallest absolute Gasteiger partial charge is 0.0294 e. The molecule has 2 aromatic carbocycles. The lowest BCUT2D eigenvalue weighted by Gasteiger charge is -2.31. The predicted molar refractivity (Wildman–Crippen MR) is 91.5 cm³/mol. The Morgan fingerprint density at radius 3 is 1.95 bits per heavy atom. The SMILES string of the molecule is CC(CC(C)(C)c1ccccc1)NC(C)c1ccccc1. The van der Waals surface area contributed by atoms with Crippen LogP contribution < -0.4 is 5.32 Å². The van der Waals surface area contributed by atoms with E-state index in [1.54, 1.807) is 0 Å². The van der Waals surface area contributed by atoms with Crippen molar-refractivity contribution in [1.82, 2.24) is 5.32 Å². The molecule has 0 bridgehead atoms. The number of hydrogen-bond acceptors (Lipinski definition) is 1. The van der Waals surface area contributed by atoms with Gasteiger partial charge in [-0.2, -0.15) is 0 Å². The summed E-state index contributed by atoms with van der Waals surface area (Å²) >= 11 is 0. The highest BCUT2D eigenvalue weighted by Crippen LogP contribution is 2.28. The van der Waals surface area contributed by atoms with Crippen LogP contribution in [0.5, 0.6) is 0 Å². The summed E-state index contributed by atoms with van der Waals surface area (Å²) in [6.45, 7) is 9.17. The fraction of sp³-hybridized carbons (Fsp3) is 0.400. The first-order valence-corrected chi connectivity index (χ1v) is 7.85. The lowest BCUT2D eigenvalue weighted by molar-refractivity contribution is 0.366. The molecule has 0 saturated heterocycles. The maximum Gasteiger partial charge on any atom is 0.0294 e. The van der Waals surface area contributed by atoms with E-state index in [4.69, 9.17) is 0 Å². The highest BCUT2D eigenvalue weighted by atomic mass is 14.9. The van der Waals surface area contributed by atoms with Crippen molar-refractivity contribution >= 4 is 0 Å². The Kier molecular flexibility index (Phi) is 5.19. The molecule has 0 aliphatic heterocycles. The van der Waals surface area contributed by atoms with Crippen LogP contribution in [0.2, 0.25) is 0 Å². The largest absolute Gasteiger partial charge is 0.308 e. The average Bonchev–Trinajstić information content (AvgIpc) is 2.48. The second kappa shape index (κ2) is 6.91. The van der Waals surface area contributed by atoms with E-state index in [0.29, 0.717) is 12.1 Å². The van der Waals surface area contributed by atoms with E-state index < -0.39 is 0 Å². The minimum atomic E-state index is 0.185. The quantitative estimate of drug-likeness (QED) is 0.777. The van der Waals surface area contributed by atoms with Gasteiger partial charge in [-0.05, 0) is 36.8 Å². The number of rotatable bonds is 6. The second-order valence-electron chi connectivity index (χ2n) is 6.65. The van der Waals surface area contributed by atoms with Gasteiger partial charge in [0.25, 0.3) is 0 Å². The highest BCUT2D eigenvalue weighted by Gasteiger charge is 2.23. The molecule has 1 nitrogen and oxygen atoms in total. The van der Waals surface area contributed by atoms with Crippen molar-refractivity contribution in [2.75, 3.05) is 0 Å². The van der Waals surface area contributed by atoms with Crippen molar-refractivity contribution in [3.63, 3.8) is 0 Å². The first-order chi connectivity index (χ1) is 9.99. The molecule has 0 spiro atoms. The first-order valence-electron chi connectivity index (χ1n) is 7.85. The zero-order valence-electron chi connectivity index (χ0n) is 13.6. The molecule has 1 N–H and O–H groups in total. The van der Waals surface area contributed by atoms with Gasteiger partial charge in [0.1, 0.15) is 0 Å². The summed E-state index contributed by atoms with van der Waals surface area (Å²) in [7, 11) is 0. The van der Waals surface area contributed by atoms with Crippen molar-refractivity contribution < 1.29 is 0 Å². The fourth-order valence-electron chi connectivity index (χ4n) is 3.10. The summed E-state index contributed by atoms with van der Waals surface area (Å²) in [4.78, 5) is 0. The fourth-order valence-corrected chi connectivity index (χ4v) is 3.10. The Balaban J connectivity index is 1.97. The van der Waals surface area contributed by atoms with Crippen molar-refractivity contribution in [2.24, 2.45) is 0 Å². The van der Waals surface area contributed by atoms with E-state index in [1.165, 1.54) is 11.1 Å². The lowest BCUT2D eigenvalue weighted by atomic mass is 9.79. The summed E-state index contributed by atoms with van der Waals surface area (Å²) in [6, 6.07) is 22.3. The van der Waals surface area contributed by atoms with Crippen LogP contribution in [0.25, 0.3) is 0 Å². The van der Waals surface area contributed by atoms with Gasteiger partial charge in [-0.3, -0.25) is 0 Å². The maximum absolute atomic E-state index is 3.72. The average molecular weight is 281 g/mol. The molecule has 2 atom stereocenters. The molecule has 0 amide bonds. The van der Waals surface area contributed by atoms with E-state index in [0.717, 1.165) is 6.42 Å². The van der Waals surface area contributed by atoms with Crippen molar-refractivity contribution in [3.8, 4) is 0 Å². The molecule has 0 saturated carbocycles. The van der Waals surface area contributed by atoms with E-state index >= 15 is 0 Å². The highest BCUT2D eigenvalue weighted by molar-refractivity contribution is 5.24. The summed E-state index contributed by atoms with van der Waals surface area (Å²) < 4.78 is 0. The Bertz CT molecular complexity index is 530. The summed E-state index contributed by atoms with van der Waals surface area (Å²) in [6.07, 6.45) is 1.12. The van der Waals surface area contributed by atoms with Crippen LogP contribution >= 0.6 is 0 Å². The Morgan fingerprint density at radius 1 is 0.857 bits per heavy atom. The third-order valence-corrected chi connectivity index (χ3v) is 4.21. The van der Waals surface area contributed by atoms with Gasteiger partial charge >= 0.3 is 0 Å². The molecule has 0 radical (unpaired) electrons. The summed E-state index contributed by atoms with van der Waals surface area (Å²) in [5.41, 5.74) is 2.94. The number of hydrogen-bond donors (Lipinski definition) is 1. The van der Waals surface area contributed by atoms with E-state index in [1.807, 2.05) is 0 Å². The Hall–Kier alpha value is -1.60. The maximum atomic E-state index is 3.72. The molecule has 0 aliphatic carbocycles. The molecular formula is C20H27N. The minimum absolute atomic E-state index is 0.185. The molecule has 0 aliphatic rings. The second-order valence-corrected chi connectivity index (χ2v) is 6.65. The van der Waals surface area contributed by atoms with Crippen LogP contribution in [0.1, 0.15) is 51.3 Å². The minimum Gasteiger partial charge on any atom is -0.308 e. The van der Waals surface area contributed by atoms with Crippen LogP contribution in [0.4, 0.5) is 0 Å². The van der Waals surface area contributed by atoms with Crippen LogP contribution in [-0.2, 0) is 5.41 Å². The molecule has 0 aromatic heterocycles. The normalized spacial score (nSPS) is 14.7. The third kappa shape index (κ3) is 4.44. The van der Waals surface area contributed by atoms with Crippen LogP contribution in [0, 0.1) is 0 Å². The van der Waals surface area contributed by atoms with Gasteiger partial charge in [-0.25, -0.2) is 0 Å². The monoisotopic (exact) mass is 281 g/mol. The molecule has 0 heterocycles. The summed E-state index contributed by atoms with van der Waals surface area (Å²) in [5, 5.41) is 3.72. The van der Waals surface area contributed by atoms with E-state index in [2.05, 4.69) is 93.7 Å². The van der Waals surface area contributed by atoms with E-state index in [-0.39, 0.29) is 5.41 Å². The van der Waals surface area contributed by atoms with Crippen molar-refractivity contribution in [3.05, 3.63) is 71.8 Å². The molecule has 21 heavy (non-hydrogen) atoms. The van der Waals surface area contributed by atoms with Crippen LogP contribution in [0.3, 0.4) is 0 Å². The van der Waals surface area contributed by atoms with Crippen molar-refractivity contribution in [2.45, 2.75) is 51.6 Å². The van der Waals surface area contributed by atoms with Gasteiger partial charge in [0.15, 0.2) is 0 Å². The Labute approximate surface area is 129 Å². The predicted octanol–water partition coefficient (Wildman–Crippen LogP) is 5.09. The van der Waals surface area contributed by atoms with E-state index in [9.17, 15) is 0 Å². The van der Waals surface area contributed by atoms with Crippen molar-refractivity contribution in [1.29, 1.82) is 0 Å². The molecule has 2 aromatic rings. The van der Waals surface area contributed by atoms with Gasteiger partial charge in [0.2, 0.25) is 0 Å². The molecule has 2 rings (SSSR count). The van der Waals surface area contributed by atoms with Gasteiger partial charge in [-0.15, -0.1) is 0 Å². The van der Waals surface area contributed by atoms with Gasteiger partial charge in [0.05, 0.1) is 0 Å². The molecular weight excluding hydrogens is 254 g/mol. The first kappa shape index (κ1) is 15.8. The zero-order valence-corrected chi connectivity index (χ0v) is 13.6. The van der Waals surface area contributed by atoms with Crippen LogP contribution in [0.15, 0.2) is 60.7 Å². The topological polar surface area (TPSA) is 12.0 Å². The van der Waals surface area contributed by atoms with Crippen LogP contribution in [-0.4, -0.2) is 6.04 Å². The van der Waals surface area contributed by atoms with Gasteiger partial charge in [0, 0.05) is 12.1 Å². The number of nitrogens with one attached hydrogen (secondary N) is 1. The van der Waals surface area contributed by atoms with Gasteiger partial charge < -0.3 is 5.32 Å². The molecule has 112 valence electrons. The molecule has 2 unspecified atom stereocenters. The molecule has 1 heteroatoms. The standard InChI is InChI=1S/C20H27N/c1-16(21-17(2)18-11-7-5-8-12-18)15-20(3,4)19-13-9-6-10-14-19/h5-14,16-17,21H,15H2,1-4H3. The third-order valence-electron chi connectivity index (χ3n) is 4.21.